The Morgan fingerprint density at radius 1 is 1.56 bits per heavy atom. The Balaban J connectivity index is 1.92. The Kier molecular flexibility index (Phi) is 4.16. The molecule has 1 aromatic carbocycles. The molecule has 2 rings (SSSR count). The molecule has 0 bridgehead atoms. The van der Waals surface area contributed by atoms with Crippen molar-refractivity contribution in [2.75, 3.05) is 26.7 Å². The van der Waals surface area contributed by atoms with E-state index in [1.165, 1.54) is 18.6 Å². The van der Waals surface area contributed by atoms with E-state index in [-0.39, 0.29) is 5.75 Å². The highest BCUT2D eigenvalue weighted by Gasteiger charge is 2.18. The van der Waals surface area contributed by atoms with Crippen molar-refractivity contribution < 1.29 is 9.13 Å². The quantitative estimate of drug-likeness (QED) is 0.824. The predicted molar refractivity (Wildman–Crippen MR) is 66.8 cm³/mol. The minimum atomic E-state index is -0.460. The van der Waals surface area contributed by atoms with Gasteiger partial charge >= 0.3 is 0 Å². The maximum atomic E-state index is 13.6. The van der Waals surface area contributed by atoms with Crippen LogP contribution in [0.5, 0.6) is 5.75 Å². The molecular formula is C14H17FN2O. The van der Waals surface area contributed by atoms with Crippen LogP contribution in [-0.4, -0.2) is 31.6 Å². The van der Waals surface area contributed by atoms with Gasteiger partial charge in [0, 0.05) is 12.5 Å². The third-order valence-corrected chi connectivity index (χ3v) is 3.26. The molecule has 0 aromatic heterocycles. The predicted octanol–water partition coefficient (Wildman–Crippen LogP) is 2.42. The summed E-state index contributed by atoms with van der Waals surface area (Å²) in [4.78, 5) is 2.27. The molecule has 1 saturated heterocycles. The number of likely N-dealkylation sites (tertiary alicyclic amines) is 1. The van der Waals surface area contributed by atoms with E-state index in [0.717, 1.165) is 19.5 Å². The van der Waals surface area contributed by atoms with Gasteiger partial charge < -0.3 is 9.64 Å². The van der Waals surface area contributed by atoms with Crippen LogP contribution in [0.15, 0.2) is 18.2 Å². The Morgan fingerprint density at radius 3 is 3.06 bits per heavy atom. The fourth-order valence-electron chi connectivity index (χ4n) is 2.30. The van der Waals surface area contributed by atoms with Gasteiger partial charge in [0.15, 0.2) is 11.6 Å². The van der Waals surface area contributed by atoms with Gasteiger partial charge in [0.05, 0.1) is 18.2 Å². The van der Waals surface area contributed by atoms with Crippen LogP contribution in [0.1, 0.15) is 18.4 Å². The summed E-state index contributed by atoms with van der Waals surface area (Å²) in [5.74, 6) is 0.235. The lowest BCUT2D eigenvalue weighted by molar-refractivity contribution is 0.147. The molecule has 3 nitrogen and oxygen atoms in total. The van der Waals surface area contributed by atoms with Crippen LogP contribution >= 0.6 is 0 Å². The van der Waals surface area contributed by atoms with E-state index >= 15 is 0 Å². The van der Waals surface area contributed by atoms with Crippen molar-refractivity contribution in [3.63, 3.8) is 0 Å². The third kappa shape index (κ3) is 3.21. The summed E-state index contributed by atoms with van der Waals surface area (Å²) >= 11 is 0. The van der Waals surface area contributed by atoms with Gasteiger partial charge in [-0.2, -0.15) is 5.26 Å². The van der Waals surface area contributed by atoms with Crippen molar-refractivity contribution in [1.29, 1.82) is 5.26 Å². The number of benzene rings is 1. The Labute approximate surface area is 107 Å². The Bertz CT molecular complexity index is 456. The van der Waals surface area contributed by atoms with Crippen molar-refractivity contribution in [1.82, 2.24) is 4.90 Å². The molecule has 1 aromatic rings. The Hall–Kier alpha value is -1.60. The highest BCUT2D eigenvalue weighted by Crippen LogP contribution is 2.21. The van der Waals surface area contributed by atoms with Gasteiger partial charge in [-0.05, 0) is 44.6 Å². The van der Waals surface area contributed by atoms with Gasteiger partial charge in [-0.15, -0.1) is 0 Å². The van der Waals surface area contributed by atoms with Crippen molar-refractivity contribution in [2.45, 2.75) is 12.8 Å². The molecule has 1 unspecified atom stereocenters. The maximum Gasteiger partial charge on any atom is 0.166 e. The molecule has 1 aliphatic rings. The number of piperidine rings is 1. The average Bonchev–Trinajstić information content (AvgIpc) is 2.37. The van der Waals surface area contributed by atoms with Crippen molar-refractivity contribution in [3.8, 4) is 11.8 Å². The molecule has 4 heteroatoms. The van der Waals surface area contributed by atoms with E-state index in [9.17, 15) is 4.39 Å². The molecule has 0 radical (unpaired) electrons. The fourth-order valence-corrected chi connectivity index (χ4v) is 2.30. The third-order valence-electron chi connectivity index (χ3n) is 3.26. The molecule has 1 aliphatic heterocycles. The molecule has 0 amide bonds. The molecule has 18 heavy (non-hydrogen) atoms. The molecule has 0 N–H and O–H groups in total. The minimum Gasteiger partial charge on any atom is -0.490 e. The molecule has 1 atom stereocenters. The standard InChI is InChI=1S/C14H17FN2O/c1-17-6-2-3-12(9-17)10-18-14-5-4-11(8-16)7-13(14)15/h4-5,7,12H,2-3,6,9-10H2,1H3. The number of hydrogen-bond acceptors (Lipinski definition) is 3. The average molecular weight is 248 g/mol. The van der Waals surface area contributed by atoms with E-state index in [2.05, 4.69) is 11.9 Å². The van der Waals surface area contributed by atoms with Crippen LogP contribution in [-0.2, 0) is 0 Å². The lowest BCUT2D eigenvalue weighted by Crippen LogP contribution is -2.34. The van der Waals surface area contributed by atoms with Crippen LogP contribution in [0.4, 0.5) is 4.39 Å². The first-order chi connectivity index (χ1) is 8.69. The zero-order chi connectivity index (χ0) is 13.0. The molecule has 0 aliphatic carbocycles. The first-order valence-corrected chi connectivity index (χ1v) is 6.20. The largest absolute Gasteiger partial charge is 0.490 e. The topological polar surface area (TPSA) is 36.3 Å². The summed E-state index contributed by atoms with van der Waals surface area (Å²) in [6.07, 6.45) is 2.29. The summed E-state index contributed by atoms with van der Waals surface area (Å²) in [7, 11) is 2.09. The first-order valence-electron chi connectivity index (χ1n) is 6.20. The van der Waals surface area contributed by atoms with Gasteiger partial charge in [0.1, 0.15) is 0 Å². The second-order valence-corrected chi connectivity index (χ2v) is 4.84. The number of rotatable bonds is 3. The van der Waals surface area contributed by atoms with E-state index in [4.69, 9.17) is 10.00 Å². The van der Waals surface area contributed by atoms with Crippen LogP contribution in [0, 0.1) is 23.1 Å². The van der Waals surface area contributed by atoms with Gasteiger partial charge in [-0.3, -0.25) is 0 Å². The number of nitriles is 1. The number of nitrogens with zero attached hydrogens (tertiary/aromatic N) is 2. The lowest BCUT2D eigenvalue weighted by atomic mass is 9.99. The summed E-state index contributed by atoms with van der Waals surface area (Å²) in [6, 6.07) is 6.22. The van der Waals surface area contributed by atoms with E-state index in [1.807, 2.05) is 6.07 Å². The molecule has 1 fully saturated rings. The highest BCUT2D eigenvalue weighted by molar-refractivity contribution is 5.35. The zero-order valence-corrected chi connectivity index (χ0v) is 10.5. The van der Waals surface area contributed by atoms with Crippen LogP contribution < -0.4 is 4.74 Å². The summed E-state index contributed by atoms with van der Waals surface area (Å²) in [6.45, 7) is 2.66. The van der Waals surface area contributed by atoms with Crippen molar-refractivity contribution in [3.05, 3.63) is 29.6 Å². The van der Waals surface area contributed by atoms with Gasteiger partial charge in [-0.25, -0.2) is 4.39 Å². The maximum absolute atomic E-state index is 13.6. The second-order valence-electron chi connectivity index (χ2n) is 4.84. The Morgan fingerprint density at radius 2 is 2.39 bits per heavy atom. The van der Waals surface area contributed by atoms with Crippen LogP contribution in [0.2, 0.25) is 0 Å². The lowest BCUT2D eigenvalue weighted by Gasteiger charge is -2.29. The SMILES string of the molecule is CN1CCCC(COc2ccc(C#N)cc2F)C1. The molecule has 1 heterocycles. The van der Waals surface area contributed by atoms with Crippen molar-refractivity contribution in [2.24, 2.45) is 5.92 Å². The fraction of sp³-hybridized carbons (Fsp3) is 0.500. The molecule has 96 valence electrons. The zero-order valence-electron chi connectivity index (χ0n) is 10.5. The van der Waals surface area contributed by atoms with Gasteiger partial charge in [0.2, 0.25) is 0 Å². The molecular weight excluding hydrogens is 231 g/mol. The number of halogens is 1. The summed E-state index contributed by atoms with van der Waals surface area (Å²) < 4.78 is 19.1. The molecule has 0 spiro atoms. The second kappa shape index (κ2) is 5.83. The van der Waals surface area contributed by atoms with E-state index in [0.29, 0.717) is 18.1 Å². The first kappa shape index (κ1) is 12.8. The van der Waals surface area contributed by atoms with Gasteiger partial charge in [0.25, 0.3) is 0 Å². The summed E-state index contributed by atoms with van der Waals surface area (Å²) in [5.41, 5.74) is 0.317. The van der Waals surface area contributed by atoms with E-state index in [1.54, 1.807) is 6.07 Å². The number of ether oxygens (including phenoxy) is 1. The summed E-state index contributed by atoms with van der Waals surface area (Å²) in [5, 5.41) is 8.65. The van der Waals surface area contributed by atoms with E-state index < -0.39 is 5.82 Å². The number of hydrogen-bond donors (Lipinski definition) is 0. The monoisotopic (exact) mass is 248 g/mol. The smallest absolute Gasteiger partial charge is 0.166 e. The molecule has 0 saturated carbocycles. The highest BCUT2D eigenvalue weighted by atomic mass is 19.1. The van der Waals surface area contributed by atoms with Gasteiger partial charge in [-0.1, -0.05) is 0 Å². The van der Waals surface area contributed by atoms with Crippen molar-refractivity contribution >= 4 is 0 Å². The van der Waals surface area contributed by atoms with Crippen LogP contribution in [0.25, 0.3) is 0 Å². The minimum absolute atomic E-state index is 0.238. The van der Waals surface area contributed by atoms with Crippen LogP contribution in [0.3, 0.4) is 0 Å². The normalized spacial score (nSPS) is 20.4.